The van der Waals surface area contributed by atoms with Gasteiger partial charge in [-0.2, -0.15) is 11.8 Å². The van der Waals surface area contributed by atoms with Crippen LogP contribution in [0.15, 0.2) is 18.2 Å². The van der Waals surface area contributed by atoms with Crippen LogP contribution in [-0.2, 0) is 0 Å². The first-order valence-electron chi connectivity index (χ1n) is 4.85. The van der Waals surface area contributed by atoms with Crippen molar-refractivity contribution in [2.45, 2.75) is 0 Å². The predicted octanol–water partition coefficient (Wildman–Crippen LogP) is 1.84. The number of thioether (sulfide) groups is 1. The summed E-state index contributed by atoms with van der Waals surface area (Å²) in [6, 6.07) is 4.12. The molecule has 0 radical (unpaired) electrons. The van der Waals surface area contributed by atoms with Crippen LogP contribution in [0.5, 0.6) is 0 Å². The van der Waals surface area contributed by atoms with Crippen LogP contribution < -0.4 is 5.73 Å². The number of halogens is 1. The van der Waals surface area contributed by atoms with Crippen molar-refractivity contribution in [2.24, 2.45) is 0 Å². The first-order chi connectivity index (χ1) is 7.56. The van der Waals surface area contributed by atoms with Crippen molar-refractivity contribution in [3.8, 4) is 0 Å². The average molecular weight is 242 g/mol. The van der Waals surface area contributed by atoms with Crippen LogP contribution in [0.1, 0.15) is 10.4 Å². The van der Waals surface area contributed by atoms with Crippen LogP contribution in [-0.4, -0.2) is 36.4 Å². The number of amides is 1. The highest BCUT2D eigenvalue weighted by atomic mass is 32.2. The lowest BCUT2D eigenvalue weighted by atomic mass is 10.2. The second-order valence-electron chi connectivity index (χ2n) is 3.46. The number of rotatable bonds is 4. The fourth-order valence-corrected chi connectivity index (χ4v) is 1.67. The molecule has 0 aliphatic rings. The molecule has 0 aliphatic carbocycles. The summed E-state index contributed by atoms with van der Waals surface area (Å²) in [5, 5.41) is 0. The van der Waals surface area contributed by atoms with Crippen LogP contribution >= 0.6 is 11.8 Å². The van der Waals surface area contributed by atoms with Crippen molar-refractivity contribution in [1.29, 1.82) is 0 Å². The summed E-state index contributed by atoms with van der Waals surface area (Å²) in [5.74, 6) is 0.122. The summed E-state index contributed by atoms with van der Waals surface area (Å²) < 4.78 is 13.2. The molecule has 0 bridgehead atoms. The minimum atomic E-state index is -0.552. The van der Waals surface area contributed by atoms with E-state index in [9.17, 15) is 9.18 Å². The van der Waals surface area contributed by atoms with Crippen molar-refractivity contribution >= 4 is 23.4 Å². The summed E-state index contributed by atoms with van der Waals surface area (Å²) >= 11 is 1.66. The molecule has 0 aliphatic heterocycles. The zero-order valence-corrected chi connectivity index (χ0v) is 10.2. The molecule has 88 valence electrons. The van der Waals surface area contributed by atoms with Gasteiger partial charge in [-0.05, 0) is 24.5 Å². The Labute approximate surface area is 98.8 Å². The molecule has 1 aromatic rings. The Kier molecular flexibility index (Phi) is 4.61. The number of nitrogens with zero attached hydrogens (tertiary/aromatic N) is 1. The van der Waals surface area contributed by atoms with E-state index in [1.54, 1.807) is 23.7 Å². The van der Waals surface area contributed by atoms with Crippen molar-refractivity contribution in [1.82, 2.24) is 4.90 Å². The highest BCUT2D eigenvalue weighted by molar-refractivity contribution is 7.98. The molecule has 1 rings (SSSR count). The van der Waals surface area contributed by atoms with Gasteiger partial charge in [0.1, 0.15) is 5.82 Å². The van der Waals surface area contributed by atoms with E-state index in [1.165, 1.54) is 18.2 Å². The van der Waals surface area contributed by atoms with Crippen LogP contribution in [0.3, 0.4) is 0 Å². The number of nitrogens with two attached hydrogens (primary N) is 1. The highest BCUT2D eigenvalue weighted by Crippen LogP contribution is 2.13. The van der Waals surface area contributed by atoms with Crippen molar-refractivity contribution < 1.29 is 9.18 Å². The Bertz CT molecular complexity index is 384. The highest BCUT2D eigenvalue weighted by Gasteiger charge is 2.12. The van der Waals surface area contributed by atoms with Gasteiger partial charge in [0.05, 0.1) is 5.69 Å². The van der Waals surface area contributed by atoms with Gasteiger partial charge in [0, 0.05) is 24.9 Å². The summed E-state index contributed by atoms with van der Waals surface area (Å²) in [4.78, 5) is 13.4. The second-order valence-corrected chi connectivity index (χ2v) is 4.44. The molecule has 16 heavy (non-hydrogen) atoms. The fraction of sp³-hybridized carbons (Fsp3) is 0.364. The van der Waals surface area contributed by atoms with E-state index >= 15 is 0 Å². The normalized spacial score (nSPS) is 10.2. The monoisotopic (exact) mass is 242 g/mol. The van der Waals surface area contributed by atoms with Gasteiger partial charge in [0.2, 0.25) is 0 Å². The molecule has 2 N–H and O–H groups in total. The molecule has 1 amide bonds. The maximum absolute atomic E-state index is 13.2. The van der Waals surface area contributed by atoms with Gasteiger partial charge in [-0.25, -0.2) is 4.39 Å². The van der Waals surface area contributed by atoms with Crippen molar-refractivity contribution in [2.75, 3.05) is 31.3 Å². The lowest BCUT2D eigenvalue weighted by molar-refractivity contribution is 0.0803. The molecule has 0 atom stereocenters. The van der Waals surface area contributed by atoms with Gasteiger partial charge < -0.3 is 10.6 Å². The molecule has 0 aromatic heterocycles. The molecule has 0 heterocycles. The molecular weight excluding hydrogens is 227 g/mol. The number of carbonyl (C=O) groups excluding carboxylic acids is 1. The van der Waals surface area contributed by atoms with Crippen LogP contribution in [0.2, 0.25) is 0 Å². The number of hydrogen-bond donors (Lipinski definition) is 1. The van der Waals surface area contributed by atoms with Crippen molar-refractivity contribution in [3.05, 3.63) is 29.6 Å². The Morgan fingerprint density at radius 2 is 2.25 bits per heavy atom. The molecular formula is C11H15FN2OS. The maximum Gasteiger partial charge on any atom is 0.253 e. The van der Waals surface area contributed by atoms with Gasteiger partial charge >= 0.3 is 0 Å². The van der Waals surface area contributed by atoms with Gasteiger partial charge in [-0.1, -0.05) is 0 Å². The SMILES string of the molecule is CSCCN(C)C(=O)c1ccc(N)c(F)c1. The van der Waals surface area contributed by atoms with Crippen molar-refractivity contribution in [3.63, 3.8) is 0 Å². The fourth-order valence-electron chi connectivity index (χ4n) is 1.21. The topological polar surface area (TPSA) is 46.3 Å². The third kappa shape index (κ3) is 3.13. The number of benzene rings is 1. The first-order valence-corrected chi connectivity index (χ1v) is 6.25. The molecule has 0 saturated heterocycles. The third-order valence-electron chi connectivity index (χ3n) is 2.22. The Morgan fingerprint density at radius 3 is 2.81 bits per heavy atom. The smallest absolute Gasteiger partial charge is 0.253 e. The largest absolute Gasteiger partial charge is 0.396 e. The Balaban J connectivity index is 2.76. The van der Waals surface area contributed by atoms with E-state index in [0.717, 1.165) is 5.75 Å². The Morgan fingerprint density at radius 1 is 1.56 bits per heavy atom. The molecule has 3 nitrogen and oxygen atoms in total. The minimum absolute atomic E-state index is 0.0586. The minimum Gasteiger partial charge on any atom is -0.396 e. The van der Waals surface area contributed by atoms with E-state index < -0.39 is 5.82 Å². The molecule has 0 fully saturated rings. The van der Waals surface area contributed by atoms with Gasteiger partial charge in [0.25, 0.3) is 5.91 Å². The average Bonchev–Trinajstić information content (AvgIpc) is 2.28. The summed E-state index contributed by atoms with van der Waals surface area (Å²) in [6.07, 6.45) is 1.97. The Hall–Kier alpha value is -1.23. The van der Waals surface area contributed by atoms with E-state index in [1.807, 2.05) is 6.26 Å². The summed E-state index contributed by atoms with van der Waals surface area (Å²) in [5.41, 5.74) is 5.73. The van der Waals surface area contributed by atoms with E-state index in [4.69, 9.17) is 5.73 Å². The number of nitrogen functional groups attached to an aromatic ring is 1. The molecule has 0 saturated carbocycles. The summed E-state index contributed by atoms with van der Waals surface area (Å²) in [6.45, 7) is 0.645. The number of hydrogen-bond acceptors (Lipinski definition) is 3. The number of anilines is 1. The zero-order chi connectivity index (χ0) is 12.1. The third-order valence-corrected chi connectivity index (χ3v) is 2.82. The van der Waals surface area contributed by atoms with Crippen LogP contribution in [0.25, 0.3) is 0 Å². The lowest BCUT2D eigenvalue weighted by Crippen LogP contribution is -2.28. The van der Waals surface area contributed by atoms with E-state index in [0.29, 0.717) is 12.1 Å². The van der Waals surface area contributed by atoms with Gasteiger partial charge in [0.15, 0.2) is 0 Å². The lowest BCUT2D eigenvalue weighted by Gasteiger charge is -2.16. The quantitative estimate of drug-likeness (QED) is 0.819. The maximum atomic E-state index is 13.2. The van der Waals surface area contributed by atoms with E-state index in [-0.39, 0.29) is 11.6 Å². The summed E-state index contributed by atoms with van der Waals surface area (Å²) in [7, 11) is 1.70. The zero-order valence-electron chi connectivity index (χ0n) is 9.37. The second kappa shape index (κ2) is 5.75. The predicted molar refractivity (Wildman–Crippen MR) is 66.2 cm³/mol. The van der Waals surface area contributed by atoms with Crippen LogP contribution in [0.4, 0.5) is 10.1 Å². The molecule has 0 unspecified atom stereocenters. The van der Waals surface area contributed by atoms with Gasteiger partial charge in [-0.3, -0.25) is 4.79 Å². The molecule has 5 heteroatoms. The first kappa shape index (κ1) is 12.8. The molecule has 1 aromatic carbocycles. The number of carbonyl (C=O) groups is 1. The molecule has 0 spiro atoms. The standard InChI is InChI=1S/C11H15FN2OS/c1-14(5-6-16-2)11(15)8-3-4-10(13)9(12)7-8/h3-4,7H,5-6,13H2,1-2H3. The van der Waals surface area contributed by atoms with E-state index in [2.05, 4.69) is 0 Å². The van der Waals surface area contributed by atoms with Crippen LogP contribution in [0, 0.1) is 5.82 Å². The van der Waals surface area contributed by atoms with Gasteiger partial charge in [-0.15, -0.1) is 0 Å².